The Labute approximate surface area is 142 Å². The van der Waals surface area contributed by atoms with Crippen LogP contribution < -0.4 is 4.74 Å². The summed E-state index contributed by atoms with van der Waals surface area (Å²) < 4.78 is 5.30. The van der Waals surface area contributed by atoms with Crippen molar-refractivity contribution in [2.45, 2.75) is 31.1 Å². The molecule has 0 unspecified atom stereocenters. The summed E-state index contributed by atoms with van der Waals surface area (Å²) >= 11 is 0. The lowest BCUT2D eigenvalue weighted by Crippen LogP contribution is -2.40. The second-order valence-corrected chi connectivity index (χ2v) is 6.86. The van der Waals surface area contributed by atoms with E-state index in [1.807, 2.05) is 18.2 Å². The molecule has 2 fully saturated rings. The van der Waals surface area contributed by atoms with Crippen LogP contribution in [0.1, 0.15) is 42.4 Å². The second-order valence-electron chi connectivity index (χ2n) is 6.86. The molecule has 1 saturated heterocycles. The van der Waals surface area contributed by atoms with Gasteiger partial charge in [0.1, 0.15) is 5.75 Å². The monoisotopic (exact) mass is 325 g/mol. The number of hydrogen-bond donors (Lipinski definition) is 1. The van der Waals surface area contributed by atoms with Gasteiger partial charge in [0.25, 0.3) is 0 Å². The molecule has 0 radical (unpaired) electrons. The lowest BCUT2D eigenvalue weighted by molar-refractivity contribution is -0.133. The number of rotatable bonds is 4. The van der Waals surface area contributed by atoms with Crippen LogP contribution in [-0.2, 0) is 4.79 Å². The van der Waals surface area contributed by atoms with Gasteiger partial charge in [0, 0.05) is 36.8 Å². The third-order valence-corrected chi connectivity index (χ3v) is 5.32. The van der Waals surface area contributed by atoms with Crippen molar-refractivity contribution in [2.75, 3.05) is 20.2 Å². The zero-order chi connectivity index (χ0) is 16.5. The molecule has 4 rings (SSSR count). The zero-order valence-corrected chi connectivity index (χ0v) is 13.9. The van der Waals surface area contributed by atoms with E-state index in [1.165, 1.54) is 5.56 Å². The van der Waals surface area contributed by atoms with Crippen molar-refractivity contribution in [1.29, 1.82) is 0 Å². The van der Waals surface area contributed by atoms with Gasteiger partial charge in [-0.25, -0.2) is 0 Å². The third kappa shape index (κ3) is 2.90. The number of H-pyrrole nitrogens is 1. The number of amides is 1. The maximum atomic E-state index is 12.9. The Bertz CT molecular complexity index is 713. The van der Waals surface area contributed by atoms with E-state index in [-0.39, 0.29) is 5.92 Å². The van der Waals surface area contributed by atoms with E-state index in [4.69, 9.17) is 4.74 Å². The van der Waals surface area contributed by atoms with Crippen LogP contribution in [0.5, 0.6) is 5.75 Å². The average Bonchev–Trinajstić information content (AvgIpc) is 3.25. The predicted molar refractivity (Wildman–Crippen MR) is 91.0 cm³/mol. The number of hydrogen-bond acceptors (Lipinski definition) is 3. The number of benzene rings is 1. The van der Waals surface area contributed by atoms with Gasteiger partial charge in [0.05, 0.1) is 7.11 Å². The summed E-state index contributed by atoms with van der Waals surface area (Å²) in [4.78, 5) is 14.9. The van der Waals surface area contributed by atoms with Crippen LogP contribution in [0.15, 0.2) is 36.5 Å². The number of piperidine rings is 1. The first-order valence-corrected chi connectivity index (χ1v) is 8.68. The van der Waals surface area contributed by atoms with Gasteiger partial charge in [0.2, 0.25) is 5.91 Å². The summed E-state index contributed by atoms with van der Waals surface area (Å²) in [5, 5.41) is 7.10. The van der Waals surface area contributed by atoms with Gasteiger partial charge >= 0.3 is 0 Å². The molecule has 1 saturated carbocycles. The van der Waals surface area contributed by atoms with Crippen molar-refractivity contribution in [3.63, 3.8) is 0 Å². The molecule has 1 aromatic carbocycles. The van der Waals surface area contributed by atoms with Crippen molar-refractivity contribution in [2.24, 2.45) is 5.92 Å². The van der Waals surface area contributed by atoms with Crippen molar-refractivity contribution in [1.82, 2.24) is 15.1 Å². The van der Waals surface area contributed by atoms with E-state index in [9.17, 15) is 4.79 Å². The minimum absolute atomic E-state index is 0.137. The van der Waals surface area contributed by atoms with Crippen LogP contribution in [0.25, 0.3) is 0 Å². The van der Waals surface area contributed by atoms with Gasteiger partial charge in [0.15, 0.2) is 0 Å². The van der Waals surface area contributed by atoms with Gasteiger partial charge in [-0.15, -0.1) is 0 Å². The quantitative estimate of drug-likeness (QED) is 0.940. The Morgan fingerprint density at radius 1 is 1.38 bits per heavy atom. The molecule has 126 valence electrons. The summed E-state index contributed by atoms with van der Waals surface area (Å²) in [6, 6.07) is 10.1. The fourth-order valence-electron chi connectivity index (χ4n) is 3.87. The highest BCUT2D eigenvalue weighted by Gasteiger charge is 2.46. The fraction of sp³-hybridized carbons (Fsp3) is 0.474. The molecule has 2 aliphatic rings. The number of likely N-dealkylation sites (tertiary alicyclic amines) is 1. The van der Waals surface area contributed by atoms with Crippen LogP contribution >= 0.6 is 0 Å². The van der Waals surface area contributed by atoms with E-state index < -0.39 is 0 Å². The molecular formula is C19H23N3O2. The number of carbonyl (C=O) groups excluding carboxylic acids is 1. The van der Waals surface area contributed by atoms with E-state index in [0.29, 0.717) is 17.7 Å². The van der Waals surface area contributed by atoms with Crippen LogP contribution in [0.3, 0.4) is 0 Å². The number of aromatic amines is 1. The molecule has 3 atom stereocenters. The SMILES string of the molecule is COc1cccc([C@@H]2C[C@@H]2C(=O)N2CCC[C@H](c3ccn[nH]3)C2)c1. The largest absolute Gasteiger partial charge is 0.497 e. The van der Waals surface area contributed by atoms with Crippen LogP contribution in [0.2, 0.25) is 0 Å². The fourth-order valence-corrected chi connectivity index (χ4v) is 3.87. The highest BCUT2D eigenvalue weighted by Crippen LogP contribution is 2.49. The third-order valence-electron chi connectivity index (χ3n) is 5.32. The van der Waals surface area contributed by atoms with E-state index in [0.717, 1.165) is 43.8 Å². The lowest BCUT2D eigenvalue weighted by Gasteiger charge is -2.32. The maximum absolute atomic E-state index is 12.9. The first-order chi connectivity index (χ1) is 11.8. The standard InChI is InChI=1S/C19H23N3O2/c1-24-15-6-2-4-13(10-15)16-11-17(16)19(23)22-9-3-5-14(12-22)18-7-8-20-21-18/h2,4,6-8,10,14,16-17H,3,5,9,11-12H2,1H3,(H,20,21)/t14-,16-,17-/m0/s1. The lowest BCUT2D eigenvalue weighted by atomic mass is 9.94. The maximum Gasteiger partial charge on any atom is 0.226 e. The number of aromatic nitrogens is 2. The molecule has 0 spiro atoms. The Hall–Kier alpha value is -2.30. The highest BCUT2D eigenvalue weighted by atomic mass is 16.5. The number of carbonyl (C=O) groups is 1. The summed E-state index contributed by atoms with van der Waals surface area (Å²) in [5.74, 6) is 2.05. The predicted octanol–water partition coefficient (Wildman–Crippen LogP) is 2.93. The van der Waals surface area contributed by atoms with Crippen molar-refractivity contribution in [3.8, 4) is 5.75 Å². The van der Waals surface area contributed by atoms with E-state index >= 15 is 0 Å². The molecule has 0 bridgehead atoms. The summed E-state index contributed by atoms with van der Waals surface area (Å²) in [6.07, 6.45) is 4.93. The molecule has 5 heteroatoms. The Morgan fingerprint density at radius 2 is 2.29 bits per heavy atom. The summed E-state index contributed by atoms with van der Waals surface area (Å²) in [6.45, 7) is 1.69. The highest BCUT2D eigenvalue weighted by molar-refractivity contribution is 5.83. The first kappa shape index (κ1) is 15.2. The second kappa shape index (κ2) is 6.30. The van der Waals surface area contributed by atoms with Gasteiger partial charge in [-0.2, -0.15) is 5.10 Å². The minimum atomic E-state index is 0.137. The molecule has 1 aliphatic heterocycles. The molecule has 2 heterocycles. The Morgan fingerprint density at radius 3 is 3.08 bits per heavy atom. The average molecular weight is 325 g/mol. The smallest absolute Gasteiger partial charge is 0.226 e. The van der Waals surface area contributed by atoms with E-state index in [1.54, 1.807) is 13.3 Å². The zero-order valence-electron chi connectivity index (χ0n) is 13.9. The molecule has 2 aromatic rings. The number of nitrogens with zero attached hydrogens (tertiary/aromatic N) is 2. The molecule has 24 heavy (non-hydrogen) atoms. The van der Waals surface area contributed by atoms with Gasteiger partial charge in [-0.05, 0) is 48.9 Å². The van der Waals surface area contributed by atoms with Crippen LogP contribution in [0.4, 0.5) is 0 Å². The minimum Gasteiger partial charge on any atom is -0.497 e. The molecule has 1 aromatic heterocycles. The first-order valence-electron chi connectivity index (χ1n) is 8.68. The molecule has 1 aliphatic carbocycles. The van der Waals surface area contributed by atoms with Crippen LogP contribution in [-0.4, -0.2) is 41.2 Å². The molecule has 1 amide bonds. The van der Waals surface area contributed by atoms with Crippen molar-refractivity contribution < 1.29 is 9.53 Å². The number of ether oxygens (including phenoxy) is 1. The molecule has 5 nitrogen and oxygen atoms in total. The van der Waals surface area contributed by atoms with E-state index in [2.05, 4.69) is 27.2 Å². The van der Waals surface area contributed by atoms with Gasteiger partial charge in [-0.3, -0.25) is 9.89 Å². The van der Waals surface area contributed by atoms with Crippen molar-refractivity contribution in [3.05, 3.63) is 47.8 Å². The Balaban J connectivity index is 1.41. The summed E-state index contributed by atoms with van der Waals surface area (Å²) in [5.41, 5.74) is 2.36. The molecular weight excluding hydrogens is 302 g/mol. The number of methoxy groups -OCH3 is 1. The Kier molecular flexibility index (Phi) is 4.00. The van der Waals surface area contributed by atoms with Gasteiger partial charge in [-0.1, -0.05) is 12.1 Å². The topological polar surface area (TPSA) is 58.2 Å². The summed E-state index contributed by atoms with van der Waals surface area (Å²) in [7, 11) is 1.68. The van der Waals surface area contributed by atoms with Crippen molar-refractivity contribution >= 4 is 5.91 Å². The van der Waals surface area contributed by atoms with Crippen LogP contribution in [0, 0.1) is 5.92 Å². The number of nitrogens with one attached hydrogen (secondary N) is 1. The molecule has 1 N–H and O–H groups in total. The van der Waals surface area contributed by atoms with Gasteiger partial charge < -0.3 is 9.64 Å². The normalized spacial score (nSPS) is 26.2.